The number of aromatic nitrogens is 3. The molecule has 150 valence electrons. The highest BCUT2D eigenvalue weighted by molar-refractivity contribution is 5.79. The molecule has 0 aliphatic carbocycles. The summed E-state index contributed by atoms with van der Waals surface area (Å²) in [7, 11) is 0. The third kappa shape index (κ3) is 3.62. The lowest BCUT2D eigenvalue weighted by Gasteiger charge is -2.38. The molecule has 0 radical (unpaired) electrons. The standard InChI is InChI=1S/C21H24N6O2/c28-19(25-12-14-26(15-13-25)20-22-8-3-9-23-20)16-6-10-27(11-7-16)21-24-17-4-1-2-5-18(17)29-21/h1-5,8-9,16H,6-7,10-15H2. The molecule has 0 atom stereocenters. The molecule has 2 aliphatic heterocycles. The third-order valence-corrected chi connectivity index (χ3v) is 5.82. The minimum atomic E-state index is 0.0788. The molecular weight excluding hydrogens is 368 g/mol. The van der Waals surface area contributed by atoms with Gasteiger partial charge in [0.05, 0.1) is 0 Å². The number of benzene rings is 1. The second-order valence-corrected chi connectivity index (χ2v) is 7.59. The normalized spacial score (nSPS) is 18.4. The van der Waals surface area contributed by atoms with Crippen molar-refractivity contribution in [2.45, 2.75) is 12.8 Å². The van der Waals surface area contributed by atoms with Crippen LogP contribution in [0.1, 0.15) is 12.8 Å². The van der Waals surface area contributed by atoms with Crippen molar-refractivity contribution in [2.24, 2.45) is 5.92 Å². The molecule has 1 aromatic carbocycles. The molecule has 29 heavy (non-hydrogen) atoms. The van der Waals surface area contributed by atoms with Gasteiger partial charge in [-0.05, 0) is 31.0 Å². The third-order valence-electron chi connectivity index (χ3n) is 5.82. The fourth-order valence-corrected chi connectivity index (χ4v) is 4.15. The number of rotatable bonds is 3. The van der Waals surface area contributed by atoms with Crippen LogP contribution in [0.4, 0.5) is 12.0 Å². The highest BCUT2D eigenvalue weighted by Crippen LogP contribution is 2.27. The van der Waals surface area contributed by atoms with Crippen molar-refractivity contribution in [3.05, 3.63) is 42.7 Å². The van der Waals surface area contributed by atoms with Gasteiger partial charge in [0.2, 0.25) is 11.9 Å². The first kappa shape index (κ1) is 17.9. The highest BCUT2D eigenvalue weighted by Gasteiger charge is 2.32. The summed E-state index contributed by atoms with van der Waals surface area (Å²) in [6.45, 7) is 4.59. The average Bonchev–Trinajstić information content (AvgIpc) is 3.24. The Morgan fingerprint density at radius 1 is 0.897 bits per heavy atom. The molecule has 0 spiro atoms. The summed E-state index contributed by atoms with van der Waals surface area (Å²) >= 11 is 0. The zero-order valence-electron chi connectivity index (χ0n) is 16.3. The topological polar surface area (TPSA) is 78.6 Å². The summed E-state index contributed by atoms with van der Waals surface area (Å²) in [6, 6.07) is 10.3. The van der Waals surface area contributed by atoms with Gasteiger partial charge in [-0.15, -0.1) is 0 Å². The molecule has 2 aromatic heterocycles. The number of carbonyl (C=O) groups is 1. The fourth-order valence-electron chi connectivity index (χ4n) is 4.15. The Morgan fingerprint density at radius 2 is 1.62 bits per heavy atom. The number of oxazole rings is 1. The van der Waals surface area contributed by atoms with E-state index in [1.807, 2.05) is 35.2 Å². The smallest absolute Gasteiger partial charge is 0.298 e. The molecule has 5 rings (SSSR count). The van der Waals surface area contributed by atoms with Crippen LogP contribution in [0.15, 0.2) is 47.1 Å². The van der Waals surface area contributed by atoms with E-state index < -0.39 is 0 Å². The molecule has 4 heterocycles. The van der Waals surface area contributed by atoms with Crippen LogP contribution in [0.25, 0.3) is 11.1 Å². The van der Waals surface area contributed by atoms with Gasteiger partial charge in [-0.1, -0.05) is 12.1 Å². The van der Waals surface area contributed by atoms with E-state index in [4.69, 9.17) is 4.42 Å². The molecule has 2 fully saturated rings. The van der Waals surface area contributed by atoms with Crippen LogP contribution in [0.2, 0.25) is 0 Å². The second kappa shape index (κ2) is 7.69. The Labute approximate surface area is 169 Å². The van der Waals surface area contributed by atoms with E-state index in [2.05, 4.69) is 24.8 Å². The van der Waals surface area contributed by atoms with Crippen LogP contribution in [-0.4, -0.2) is 65.0 Å². The number of amides is 1. The summed E-state index contributed by atoms with van der Waals surface area (Å²) in [6.07, 6.45) is 5.17. The van der Waals surface area contributed by atoms with Crippen molar-refractivity contribution in [2.75, 3.05) is 49.1 Å². The lowest BCUT2D eigenvalue weighted by molar-refractivity contribution is -0.136. The monoisotopic (exact) mass is 392 g/mol. The van der Waals surface area contributed by atoms with Crippen LogP contribution in [0, 0.1) is 5.92 Å². The Kier molecular flexibility index (Phi) is 4.75. The number of piperazine rings is 1. The van der Waals surface area contributed by atoms with Crippen molar-refractivity contribution >= 4 is 29.0 Å². The summed E-state index contributed by atoms with van der Waals surface area (Å²) in [4.78, 5) is 32.5. The van der Waals surface area contributed by atoms with E-state index in [0.717, 1.165) is 69.2 Å². The molecule has 2 aliphatic rings. The number of carbonyl (C=O) groups excluding carboxylic acids is 1. The summed E-state index contributed by atoms with van der Waals surface area (Å²) in [5.74, 6) is 1.09. The van der Waals surface area contributed by atoms with Gasteiger partial charge in [-0.25, -0.2) is 9.97 Å². The van der Waals surface area contributed by atoms with Gasteiger partial charge in [0.1, 0.15) is 5.52 Å². The number of piperidine rings is 1. The number of anilines is 2. The molecule has 0 saturated carbocycles. The molecule has 8 heteroatoms. The summed E-state index contributed by atoms with van der Waals surface area (Å²) in [5.41, 5.74) is 1.68. The number of hydrogen-bond donors (Lipinski definition) is 0. The fraction of sp³-hybridized carbons (Fsp3) is 0.429. The largest absolute Gasteiger partial charge is 0.423 e. The number of nitrogens with zero attached hydrogens (tertiary/aromatic N) is 6. The molecule has 0 N–H and O–H groups in total. The van der Waals surface area contributed by atoms with Crippen LogP contribution >= 0.6 is 0 Å². The minimum Gasteiger partial charge on any atom is -0.423 e. The Bertz CT molecular complexity index is 942. The van der Waals surface area contributed by atoms with Gasteiger partial charge in [0.25, 0.3) is 6.01 Å². The average molecular weight is 392 g/mol. The molecular formula is C21H24N6O2. The first-order chi connectivity index (χ1) is 14.3. The van der Waals surface area contributed by atoms with Crippen molar-refractivity contribution in [3.63, 3.8) is 0 Å². The number of para-hydroxylation sites is 2. The zero-order chi connectivity index (χ0) is 19.6. The predicted octanol–water partition coefficient (Wildman–Crippen LogP) is 2.18. The summed E-state index contributed by atoms with van der Waals surface area (Å²) in [5, 5.41) is 0. The van der Waals surface area contributed by atoms with Gasteiger partial charge in [-0.3, -0.25) is 4.79 Å². The van der Waals surface area contributed by atoms with Gasteiger partial charge in [0, 0.05) is 57.6 Å². The van der Waals surface area contributed by atoms with E-state index in [0.29, 0.717) is 6.01 Å². The van der Waals surface area contributed by atoms with Gasteiger partial charge in [0.15, 0.2) is 5.58 Å². The summed E-state index contributed by atoms with van der Waals surface area (Å²) < 4.78 is 5.88. The van der Waals surface area contributed by atoms with Crippen molar-refractivity contribution < 1.29 is 9.21 Å². The van der Waals surface area contributed by atoms with Gasteiger partial charge in [-0.2, -0.15) is 4.98 Å². The van der Waals surface area contributed by atoms with Crippen molar-refractivity contribution in [1.29, 1.82) is 0 Å². The van der Waals surface area contributed by atoms with E-state index >= 15 is 0 Å². The second-order valence-electron chi connectivity index (χ2n) is 7.59. The Morgan fingerprint density at radius 3 is 2.34 bits per heavy atom. The maximum Gasteiger partial charge on any atom is 0.298 e. The first-order valence-electron chi connectivity index (χ1n) is 10.2. The maximum absolute atomic E-state index is 13.0. The molecule has 3 aromatic rings. The minimum absolute atomic E-state index is 0.0788. The van der Waals surface area contributed by atoms with E-state index in [-0.39, 0.29) is 11.8 Å². The number of fused-ring (bicyclic) bond motifs is 1. The highest BCUT2D eigenvalue weighted by atomic mass is 16.4. The Hall–Kier alpha value is -3.16. The quantitative estimate of drug-likeness (QED) is 0.676. The van der Waals surface area contributed by atoms with Gasteiger partial charge < -0.3 is 19.1 Å². The molecule has 2 saturated heterocycles. The number of hydrogen-bond acceptors (Lipinski definition) is 7. The molecule has 1 amide bonds. The van der Waals surface area contributed by atoms with E-state index in [1.165, 1.54) is 0 Å². The van der Waals surface area contributed by atoms with Gasteiger partial charge >= 0.3 is 0 Å². The molecule has 8 nitrogen and oxygen atoms in total. The van der Waals surface area contributed by atoms with E-state index in [9.17, 15) is 4.79 Å². The maximum atomic E-state index is 13.0. The first-order valence-corrected chi connectivity index (χ1v) is 10.2. The lowest BCUT2D eigenvalue weighted by atomic mass is 9.95. The van der Waals surface area contributed by atoms with Crippen LogP contribution in [-0.2, 0) is 4.79 Å². The van der Waals surface area contributed by atoms with E-state index in [1.54, 1.807) is 12.4 Å². The van der Waals surface area contributed by atoms with Crippen molar-refractivity contribution in [1.82, 2.24) is 19.9 Å². The predicted molar refractivity (Wildman–Crippen MR) is 110 cm³/mol. The van der Waals surface area contributed by atoms with Crippen LogP contribution in [0.3, 0.4) is 0 Å². The van der Waals surface area contributed by atoms with Crippen molar-refractivity contribution in [3.8, 4) is 0 Å². The lowest BCUT2D eigenvalue weighted by Crippen LogP contribution is -2.52. The SMILES string of the molecule is O=C(C1CCN(c2nc3ccccc3o2)CC1)N1CCN(c2ncccn2)CC1. The molecule has 0 bridgehead atoms. The van der Waals surface area contributed by atoms with Crippen LogP contribution < -0.4 is 9.80 Å². The zero-order valence-corrected chi connectivity index (χ0v) is 16.3. The molecule has 0 unspecified atom stereocenters. The van der Waals surface area contributed by atoms with Crippen LogP contribution in [0.5, 0.6) is 0 Å². The Balaban J connectivity index is 1.15.